The first-order valence-electron chi connectivity index (χ1n) is 20.0. The zero-order chi connectivity index (χ0) is 42.8. The number of nitrogens with one attached hydrogen (secondary N) is 2. The van der Waals surface area contributed by atoms with E-state index in [-0.39, 0.29) is 85.7 Å². The molecule has 2 aliphatic rings. The van der Waals surface area contributed by atoms with E-state index in [1.165, 1.54) is 4.90 Å². The fraction of sp³-hybridized carbons (Fsp3) is 0.634. The normalized spacial score (nSPS) is 16.6. The van der Waals surface area contributed by atoms with E-state index < -0.39 is 43.7 Å². The van der Waals surface area contributed by atoms with Crippen LogP contribution in [-0.4, -0.2) is 95.6 Å². The van der Waals surface area contributed by atoms with Crippen LogP contribution in [0.25, 0.3) is 0 Å². The number of carbonyl (C=O) groups excluding carboxylic acids is 2. The molecule has 0 radical (unpaired) electrons. The van der Waals surface area contributed by atoms with Gasteiger partial charge in [0, 0.05) is 44.7 Å². The van der Waals surface area contributed by atoms with Gasteiger partial charge in [-0.15, -0.1) is 0 Å². The van der Waals surface area contributed by atoms with E-state index in [9.17, 15) is 26.4 Å². The quantitative estimate of drug-likeness (QED) is 0.122. The molecule has 57 heavy (non-hydrogen) atoms. The molecular weight excluding hydrogens is 769 g/mol. The van der Waals surface area contributed by atoms with Crippen LogP contribution >= 0.6 is 0 Å². The molecule has 16 heteroatoms. The molecule has 0 bridgehead atoms. The molecule has 14 nitrogen and oxygen atoms in total. The molecular formula is C41H64N6O8S2. The van der Waals surface area contributed by atoms with Crippen LogP contribution in [0, 0.1) is 20.8 Å². The number of rotatable bonds is 14. The van der Waals surface area contributed by atoms with Crippen molar-refractivity contribution in [1.82, 2.24) is 19.2 Å². The largest absolute Gasteiger partial charge is 0.487 e. The van der Waals surface area contributed by atoms with Gasteiger partial charge in [0.2, 0.25) is 21.9 Å². The summed E-state index contributed by atoms with van der Waals surface area (Å²) in [5.41, 5.74) is 10.8. The SMILES string of the molecule is CCOC(=O)N1CCN(C(=O)[C@H](CCCN=C(N)NS(=O)(=O)c2c(C)c(C)c3c(c2C)CC(C)(C)O3)NS(=O)(=O)c2c(C(C)C)cc(C(C)C)cc2C(C)C)CC1. The first-order chi connectivity index (χ1) is 26.4. The number of piperazine rings is 1. The summed E-state index contributed by atoms with van der Waals surface area (Å²) in [6.45, 7) is 24.0. The Morgan fingerprint density at radius 1 is 0.860 bits per heavy atom. The lowest BCUT2D eigenvalue weighted by molar-refractivity contribution is -0.134. The third-order valence-electron chi connectivity index (χ3n) is 10.8. The van der Waals surface area contributed by atoms with E-state index in [1.54, 1.807) is 25.7 Å². The Balaban J connectivity index is 1.59. The van der Waals surface area contributed by atoms with E-state index in [0.717, 1.165) is 16.7 Å². The van der Waals surface area contributed by atoms with E-state index in [2.05, 4.69) is 28.3 Å². The van der Waals surface area contributed by atoms with Crippen LogP contribution in [0.4, 0.5) is 4.79 Å². The Morgan fingerprint density at radius 2 is 1.42 bits per heavy atom. The van der Waals surface area contributed by atoms with Gasteiger partial charge >= 0.3 is 6.09 Å². The van der Waals surface area contributed by atoms with Crippen molar-refractivity contribution in [2.24, 2.45) is 10.7 Å². The number of hydrogen-bond acceptors (Lipinski definition) is 9. The summed E-state index contributed by atoms with van der Waals surface area (Å²) in [4.78, 5) is 34.2. The van der Waals surface area contributed by atoms with Gasteiger partial charge in [0.25, 0.3) is 10.0 Å². The van der Waals surface area contributed by atoms with Crippen LogP contribution in [0.2, 0.25) is 0 Å². The predicted molar refractivity (Wildman–Crippen MR) is 223 cm³/mol. The van der Waals surface area contributed by atoms with Gasteiger partial charge in [0.15, 0.2) is 0 Å². The highest BCUT2D eigenvalue weighted by molar-refractivity contribution is 7.90. The second kappa shape index (κ2) is 17.9. The smallest absolute Gasteiger partial charge is 0.409 e. The Bertz CT molecular complexity index is 2060. The van der Waals surface area contributed by atoms with Gasteiger partial charge in [-0.3, -0.25) is 9.79 Å². The van der Waals surface area contributed by atoms with Crippen molar-refractivity contribution in [1.29, 1.82) is 0 Å². The van der Waals surface area contributed by atoms with Gasteiger partial charge in [-0.1, -0.05) is 53.7 Å². The van der Waals surface area contributed by atoms with Gasteiger partial charge in [0.05, 0.1) is 16.4 Å². The highest BCUT2D eigenvalue weighted by Gasteiger charge is 2.38. The number of guanidine groups is 1. The summed E-state index contributed by atoms with van der Waals surface area (Å²) in [7, 11) is -8.38. The van der Waals surface area contributed by atoms with E-state index in [4.69, 9.17) is 15.2 Å². The number of nitrogens with zero attached hydrogens (tertiary/aromatic N) is 3. The third kappa shape index (κ3) is 10.4. The van der Waals surface area contributed by atoms with Crippen LogP contribution in [0.1, 0.15) is 132 Å². The molecule has 0 spiro atoms. The molecule has 4 rings (SSSR count). The van der Waals surface area contributed by atoms with Crippen LogP contribution < -0.4 is 19.9 Å². The Kier molecular flexibility index (Phi) is 14.4. The molecule has 2 aromatic carbocycles. The van der Waals surface area contributed by atoms with E-state index in [1.807, 2.05) is 60.6 Å². The summed E-state index contributed by atoms with van der Waals surface area (Å²) in [6, 6.07) is 2.72. The number of sulfonamides is 2. The summed E-state index contributed by atoms with van der Waals surface area (Å²) < 4.78 is 72.9. The first-order valence-corrected chi connectivity index (χ1v) is 22.9. The van der Waals surface area contributed by atoms with Gasteiger partial charge in [-0.05, 0) is 106 Å². The number of nitrogens with two attached hydrogens (primary N) is 1. The molecule has 0 saturated carbocycles. The number of amides is 2. The number of benzene rings is 2. The zero-order valence-electron chi connectivity index (χ0n) is 35.8. The van der Waals surface area contributed by atoms with Gasteiger partial charge < -0.3 is 25.0 Å². The standard InChI is InChI=1S/C41H64N6O8S2/c1-13-54-40(49)47-19-17-46(18-20-47)38(48)34(44-57(52,53)37-31(25(4)5)21-30(24(2)3)22-32(37)26(6)7)15-14-16-43-39(42)45-56(50,51)36-28(9)27(8)35-33(29(36)10)23-41(11,12)55-35/h21-22,24-26,34,44H,13-20,23H2,1-12H3,(H3,42,43,45)/t34-/m0/s1. The maximum atomic E-state index is 14.5. The minimum Gasteiger partial charge on any atom is -0.487 e. The van der Waals surface area contributed by atoms with Crippen molar-refractivity contribution in [3.63, 3.8) is 0 Å². The molecule has 4 N–H and O–H groups in total. The van der Waals surface area contributed by atoms with Crippen LogP contribution in [0.3, 0.4) is 0 Å². The number of ether oxygens (including phenoxy) is 2. The third-order valence-corrected chi connectivity index (χ3v) is 14.0. The van der Waals surface area contributed by atoms with Gasteiger partial charge in [-0.2, -0.15) is 4.72 Å². The molecule has 318 valence electrons. The second-order valence-electron chi connectivity index (χ2n) is 16.7. The Morgan fingerprint density at radius 3 is 1.95 bits per heavy atom. The Labute approximate surface area is 340 Å². The highest BCUT2D eigenvalue weighted by atomic mass is 32.2. The van der Waals surface area contributed by atoms with Gasteiger partial charge in [0.1, 0.15) is 17.4 Å². The van der Waals surface area contributed by atoms with Crippen molar-refractivity contribution in [3.05, 3.63) is 51.1 Å². The van der Waals surface area contributed by atoms with Crippen molar-refractivity contribution >= 4 is 38.0 Å². The molecule has 2 aliphatic heterocycles. The fourth-order valence-electron chi connectivity index (χ4n) is 7.59. The average Bonchev–Trinajstić information content (AvgIpc) is 3.46. The van der Waals surface area contributed by atoms with Crippen LogP contribution in [0.5, 0.6) is 5.75 Å². The Hall–Kier alpha value is -3.89. The predicted octanol–water partition coefficient (Wildman–Crippen LogP) is 5.72. The maximum Gasteiger partial charge on any atom is 0.409 e. The lowest BCUT2D eigenvalue weighted by atomic mass is 9.89. The molecule has 1 saturated heterocycles. The highest BCUT2D eigenvalue weighted by Crippen LogP contribution is 2.44. The number of fused-ring (bicyclic) bond motifs is 1. The monoisotopic (exact) mass is 832 g/mol. The topological polar surface area (TPSA) is 190 Å². The molecule has 0 aliphatic carbocycles. The molecule has 2 amide bonds. The van der Waals surface area contributed by atoms with Gasteiger partial charge in [-0.25, -0.2) is 26.4 Å². The zero-order valence-corrected chi connectivity index (χ0v) is 37.5. The molecule has 1 fully saturated rings. The number of hydrogen-bond donors (Lipinski definition) is 3. The fourth-order valence-corrected chi connectivity index (χ4v) is 11.0. The lowest BCUT2D eigenvalue weighted by Crippen LogP contribution is -2.56. The van der Waals surface area contributed by atoms with Crippen molar-refractivity contribution in [2.45, 2.75) is 142 Å². The van der Waals surface area contributed by atoms with Crippen LogP contribution in [0.15, 0.2) is 26.9 Å². The average molecular weight is 833 g/mol. The van der Waals surface area contributed by atoms with Crippen molar-refractivity contribution in [3.8, 4) is 5.75 Å². The van der Waals surface area contributed by atoms with E-state index in [0.29, 0.717) is 34.4 Å². The molecule has 0 unspecified atom stereocenters. The maximum absolute atomic E-state index is 14.5. The number of aliphatic imine (C=N–C) groups is 1. The summed E-state index contributed by atoms with van der Waals surface area (Å²) in [6.07, 6.45) is 0.352. The van der Waals surface area contributed by atoms with E-state index >= 15 is 0 Å². The minimum atomic E-state index is -4.24. The molecule has 1 atom stereocenters. The molecule has 2 heterocycles. The number of carbonyl (C=O) groups is 2. The van der Waals surface area contributed by atoms with Crippen LogP contribution in [-0.2, 0) is 36.0 Å². The van der Waals surface area contributed by atoms with Crippen molar-refractivity contribution < 1.29 is 35.9 Å². The van der Waals surface area contributed by atoms with Crippen molar-refractivity contribution in [2.75, 3.05) is 39.3 Å². The first kappa shape index (κ1) is 45.8. The summed E-state index contributed by atoms with van der Waals surface area (Å²) >= 11 is 0. The minimum absolute atomic E-state index is 0.0112. The lowest BCUT2D eigenvalue weighted by Gasteiger charge is -2.36. The summed E-state index contributed by atoms with van der Waals surface area (Å²) in [5.74, 6) is -0.0989. The molecule has 0 aromatic heterocycles. The molecule has 2 aromatic rings. The second-order valence-corrected chi connectivity index (χ2v) is 20.0. The summed E-state index contributed by atoms with van der Waals surface area (Å²) in [5, 5.41) is 0.